The molecule has 0 fully saturated rings. The molecule has 0 radical (unpaired) electrons. The van der Waals surface area contributed by atoms with Crippen molar-refractivity contribution in [3.05, 3.63) is 69.2 Å². The molecule has 2 heterocycles. The molecule has 2 N–H and O–H groups in total. The van der Waals surface area contributed by atoms with Gasteiger partial charge in [-0.1, -0.05) is 19.4 Å². The van der Waals surface area contributed by atoms with E-state index in [-0.39, 0.29) is 18.1 Å². The van der Waals surface area contributed by atoms with Crippen molar-refractivity contribution in [2.75, 3.05) is 44.6 Å². The highest BCUT2D eigenvalue weighted by molar-refractivity contribution is 6.26. The number of carbonyl (C=O) groups excluding carboxylic acids is 2. The van der Waals surface area contributed by atoms with E-state index in [1.807, 2.05) is 32.9 Å². The Morgan fingerprint density at radius 2 is 1.95 bits per heavy atom. The minimum Gasteiger partial charge on any atom is -0.474 e. The SMILES string of the molecule is CCN(CC)CCNC(=O)C1=C(C)CC(/C=C2\C(=O)Cc3c(F)cc(-c4cnc5c(c4C)NCCO5)cc32)=C1C. The standard InChI is InChI=1S/C32H37FN4O3/c1-6-37(7-2)10-8-35-31(39)29-18(3)12-21(19(29)4)13-25-23-14-22(15-27(33)24(23)16-28(25)38)26-17-36-32-30(20(26)5)34-9-11-40-32/h13-15,17,34H,6-12,16H2,1-5H3,(H,35,39)/b25-13-. The first-order valence-corrected chi connectivity index (χ1v) is 14.1. The Labute approximate surface area is 235 Å². The Kier molecular flexibility index (Phi) is 7.90. The third-order valence-corrected chi connectivity index (χ3v) is 8.27. The maximum Gasteiger partial charge on any atom is 0.251 e. The molecule has 0 unspecified atom stereocenters. The van der Waals surface area contributed by atoms with Gasteiger partial charge < -0.3 is 20.3 Å². The van der Waals surface area contributed by atoms with Crippen LogP contribution in [0.2, 0.25) is 0 Å². The van der Waals surface area contributed by atoms with E-state index in [9.17, 15) is 9.59 Å². The van der Waals surface area contributed by atoms with E-state index in [4.69, 9.17) is 4.74 Å². The monoisotopic (exact) mass is 544 g/mol. The normalized spacial score (nSPS) is 17.4. The van der Waals surface area contributed by atoms with Crippen molar-refractivity contribution in [3.8, 4) is 17.0 Å². The smallest absolute Gasteiger partial charge is 0.251 e. The molecule has 1 amide bonds. The number of ketones is 1. The van der Waals surface area contributed by atoms with Crippen molar-refractivity contribution in [3.63, 3.8) is 0 Å². The summed E-state index contributed by atoms with van der Waals surface area (Å²) in [4.78, 5) is 32.9. The molecule has 0 saturated carbocycles. The Morgan fingerprint density at radius 3 is 2.70 bits per heavy atom. The number of Topliss-reactive ketones (excluding diaryl/α,β-unsaturated/α-hetero) is 1. The number of nitrogens with zero attached hydrogens (tertiary/aromatic N) is 2. The van der Waals surface area contributed by atoms with E-state index < -0.39 is 5.82 Å². The van der Waals surface area contributed by atoms with Gasteiger partial charge >= 0.3 is 0 Å². The molecule has 0 spiro atoms. The fourth-order valence-electron chi connectivity index (χ4n) is 5.93. The van der Waals surface area contributed by atoms with Gasteiger partial charge in [-0.15, -0.1) is 0 Å². The summed E-state index contributed by atoms with van der Waals surface area (Å²) in [5, 5.41) is 6.38. The van der Waals surface area contributed by atoms with Crippen LogP contribution in [0, 0.1) is 12.7 Å². The summed E-state index contributed by atoms with van der Waals surface area (Å²) < 4.78 is 21.0. The maximum absolute atomic E-state index is 15.4. The van der Waals surface area contributed by atoms with Crippen molar-refractivity contribution in [2.45, 2.75) is 47.5 Å². The van der Waals surface area contributed by atoms with Gasteiger partial charge in [0.05, 0.1) is 0 Å². The molecule has 8 heteroatoms. The average molecular weight is 545 g/mol. The number of allylic oxidation sites excluding steroid dienone is 4. The quantitative estimate of drug-likeness (QED) is 0.455. The van der Waals surface area contributed by atoms with E-state index >= 15 is 4.39 Å². The highest BCUT2D eigenvalue weighted by Gasteiger charge is 2.31. The van der Waals surface area contributed by atoms with Crippen LogP contribution in [0.5, 0.6) is 5.88 Å². The number of aromatic nitrogens is 1. The molecule has 210 valence electrons. The molecular formula is C32H37FN4O3. The third-order valence-electron chi connectivity index (χ3n) is 8.27. The number of ether oxygens (including phenoxy) is 1. The topological polar surface area (TPSA) is 83.6 Å². The van der Waals surface area contributed by atoms with Gasteiger partial charge in [-0.05, 0) is 86.3 Å². The van der Waals surface area contributed by atoms with Gasteiger partial charge in [-0.3, -0.25) is 9.59 Å². The fourth-order valence-corrected chi connectivity index (χ4v) is 5.93. The number of likely N-dealkylation sites (N-methyl/N-ethyl adjacent to an activating group) is 1. The zero-order chi connectivity index (χ0) is 28.6. The lowest BCUT2D eigenvalue weighted by Gasteiger charge is -2.21. The van der Waals surface area contributed by atoms with Gasteiger partial charge in [0.25, 0.3) is 5.91 Å². The number of fused-ring (bicyclic) bond motifs is 2. The van der Waals surface area contributed by atoms with Crippen molar-refractivity contribution in [1.82, 2.24) is 15.2 Å². The molecule has 40 heavy (non-hydrogen) atoms. The molecule has 7 nitrogen and oxygen atoms in total. The maximum atomic E-state index is 15.4. The summed E-state index contributed by atoms with van der Waals surface area (Å²) in [5.74, 6) is -0.0546. The molecule has 3 aliphatic rings. The number of halogens is 1. The summed E-state index contributed by atoms with van der Waals surface area (Å²) in [7, 11) is 0. The summed E-state index contributed by atoms with van der Waals surface area (Å²) in [6.45, 7) is 14.5. The Hall–Kier alpha value is -3.78. The van der Waals surface area contributed by atoms with E-state index in [0.29, 0.717) is 59.8 Å². The van der Waals surface area contributed by atoms with Crippen LogP contribution in [0.4, 0.5) is 10.1 Å². The second-order valence-electron chi connectivity index (χ2n) is 10.7. The number of amides is 1. The number of carbonyl (C=O) groups is 2. The highest BCUT2D eigenvalue weighted by Crippen LogP contribution is 2.41. The third kappa shape index (κ3) is 5.08. The molecule has 1 aromatic heterocycles. The van der Waals surface area contributed by atoms with Crippen LogP contribution in [0.1, 0.15) is 50.8 Å². The molecule has 1 aliphatic heterocycles. The van der Waals surface area contributed by atoms with Crippen LogP contribution in [0.25, 0.3) is 16.7 Å². The number of benzene rings is 1. The summed E-state index contributed by atoms with van der Waals surface area (Å²) in [6.07, 6.45) is 4.17. The predicted octanol–water partition coefficient (Wildman–Crippen LogP) is 5.00. The minimum absolute atomic E-state index is 0.0293. The predicted molar refractivity (Wildman–Crippen MR) is 156 cm³/mol. The number of pyridine rings is 1. The molecule has 0 atom stereocenters. The van der Waals surface area contributed by atoms with Gasteiger partial charge in [0.15, 0.2) is 5.78 Å². The van der Waals surface area contributed by atoms with Gasteiger partial charge in [0.2, 0.25) is 5.88 Å². The zero-order valence-corrected chi connectivity index (χ0v) is 24.0. The zero-order valence-electron chi connectivity index (χ0n) is 24.0. The van der Waals surface area contributed by atoms with Crippen molar-refractivity contribution < 1.29 is 18.7 Å². The van der Waals surface area contributed by atoms with Crippen LogP contribution in [0.3, 0.4) is 0 Å². The lowest BCUT2D eigenvalue weighted by molar-refractivity contribution is -0.117. The van der Waals surface area contributed by atoms with Crippen LogP contribution in [-0.2, 0) is 16.0 Å². The lowest BCUT2D eigenvalue weighted by atomic mass is 9.95. The fraction of sp³-hybridized carbons (Fsp3) is 0.406. The van der Waals surface area contributed by atoms with Gasteiger partial charge in [-0.2, -0.15) is 0 Å². The first kappa shape index (κ1) is 27.8. The van der Waals surface area contributed by atoms with Crippen molar-refractivity contribution in [2.24, 2.45) is 0 Å². The summed E-state index contributed by atoms with van der Waals surface area (Å²) >= 11 is 0. The van der Waals surface area contributed by atoms with Crippen LogP contribution < -0.4 is 15.4 Å². The highest BCUT2D eigenvalue weighted by atomic mass is 19.1. The second kappa shape index (κ2) is 11.4. The first-order valence-electron chi connectivity index (χ1n) is 14.1. The molecular weight excluding hydrogens is 507 g/mol. The number of nitrogens with one attached hydrogen (secondary N) is 2. The van der Waals surface area contributed by atoms with Crippen molar-refractivity contribution >= 4 is 23.0 Å². The molecule has 0 bridgehead atoms. The number of rotatable bonds is 8. The minimum atomic E-state index is -0.398. The Bertz CT molecular complexity index is 1480. The Morgan fingerprint density at radius 1 is 1.18 bits per heavy atom. The number of anilines is 1. The van der Waals surface area contributed by atoms with Crippen LogP contribution in [0.15, 0.2) is 46.7 Å². The number of hydrogen-bond donors (Lipinski definition) is 2. The van der Waals surface area contributed by atoms with E-state index in [1.165, 1.54) is 6.07 Å². The Balaban J connectivity index is 1.45. The van der Waals surface area contributed by atoms with E-state index in [1.54, 1.807) is 6.20 Å². The molecule has 0 saturated heterocycles. The molecule has 1 aromatic carbocycles. The largest absolute Gasteiger partial charge is 0.474 e. The first-order chi connectivity index (χ1) is 19.2. The number of hydrogen-bond acceptors (Lipinski definition) is 6. The van der Waals surface area contributed by atoms with E-state index in [2.05, 4.69) is 34.4 Å². The van der Waals surface area contributed by atoms with Gasteiger partial charge in [0, 0.05) is 54.5 Å². The van der Waals surface area contributed by atoms with Gasteiger partial charge in [0.1, 0.15) is 18.1 Å². The van der Waals surface area contributed by atoms with E-state index in [0.717, 1.165) is 53.2 Å². The summed E-state index contributed by atoms with van der Waals surface area (Å²) in [5.41, 5.74) is 8.14. The van der Waals surface area contributed by atoms with Crippen LogP contribution >= 0.6 is 0 Å². The molecule has 5 rings (SSSR count). The average Bonchev–Trinajstić information content (AvgIpc) is 3.41. The van der Waals surface area contributed by atoms with Crippen molar-refractivity contribution in [1.29, 1.82) is 0 Å². The molecule has 2 aliphatic carbocycles. The van der Waals surface area contributed by atoms with Crippen LogP contribution in [-0.4, -0.2) is 60.9 Å². The second-order valence-corrected chi connectivity index (χ2v) is 10.7. The summed E-state index contributed by atoms with van der Waals surface area (Å²) in [6, 6.07) is 3.38. The molecule has 2 aromatic rings. The lowest BCUT2D eigenvalue weighted by Crippen LogP contribution is -2.35. The van der Waals surface area contributed by atoms with Gasteiger partial charge in [-0.25, -0.2) is 9.37 Å².